The molecule has 0 amide bonds. The first-order chi connectivity index (χ1) is 15.3. The maximum atomic E-state index is 6.16. The Morgan fingerprint density at radius 3 is 2.23 bits per heavy atom. The highest BCUT2D eigenvalue weighted by Gasteiger charge is 2.49. The van der Waals surface area contributed by atoms with Crippen LogP contribution in [0.2, 0.25) is 0 Å². The van der Waals surface area contributed by atoms with Gasteiger partial charge in [-0.25, -0.2) is 0 Å². The molecule has 1 aliphatic heterocycles. The van der Waals surface area contributed by atoms with E-state index in [0.29, 0.717) is 12.0 Å². The van der Waals surface area contributed by atoms with Crippen molar-refractivity contribution in [3.63, 3.8) is 0 Å². The van der Waals surface area contributed by atoms with Crippen molar-refractivity contribution in [3.05, 3.63) is 114 Å². The Morgan fingerprint density at radius 1 is 0.806 bits per heavy atom. The third kappa shape index (κ3) is 4.08. The van der Waals surface area contributed by atoms with Gasteiger partial charge in [-0.05, 0) is 80.3 Å². The second-order valence-corrected chi connectivity index (χ2v) is 9.54. The van der Waals surface area contributed by atoms with Gasteiger partial charge in [0, 0.05) is 11.5 Å². The van der Waals surface area contributed by atoms with Crippen molar-refractivity contribution in [2.45, 2.75) is 55.9 Å². The normalized spacial score (nSPS) is 25.4. The van der Waals surface area contributed by atoms with E-state index in [0.717, 1.165) is 5.56 Å². The zero-order valence-electron chi connectivity index (χ0n) is 18.4. The third-order valence-corrected chi connectivity index (χ3v) is 7.67. The van der Waals surface area contributed by atoms with Crippen molar-refractivity contribution in [2.75, 3.05) is 13.1 Å². The van der Waals surface area contributed by atoms with Crippen LogP contribution >= 0.6 is 0 Å². The standard InChI is InChI=1S/C30H33N/c1-24-12-11-15-26(22-24)27-18-19-30(23-27,28-16-7-3-8-17-28)29(25-13-5-2-6-14-25)31-20-9-4-10-21-31/h1-3,5-8,11-17,22,27,29H,4,9-10,18-21,23H2. The van der Waals surface area contributed by atoms with Crippen LogP contribution in [0.15, 0.2) is 84.9 Å². The summed E-state index contributed by atoms with van der Waals surface area (Å²) in [5.74, 6) is 0.555. The Labute approximate surface area is 188 Å². The highest BCUT2D eigenvalue weighted by Crippen LogP contribution is 2.56. The molecule has 1 aliphatic carbocycles. The summed E-state index contributed by atoms with van der Waals surface area (Å²) < 4.78 is 0. The second-order valence-electron chi connectivity index (χ2n) is 9.54. The maximum absolute atomic E-state index is 6.16. The third-order valence-electron chi connectivity index (χ3n) is 7.67. The maximum Gasteiger partial charge on any atom is 0.0444 e. The highest BCUT2D eigenvalue weighted by molar-refractivity contribution is 5.38. The predicted octanol–water partition coefficient (Wildman–Crippen LogP) is 7.18. The summed E-state index contributed by atoms with van der Waals surface area (Å²) in [6.45, 7) is 8.58. The Hall–Kier alpha value is -2.38. The van der Waals surface area contributed by atoms with Gasteiger partial charge in [0.1, 0.15) is 0 Å². The molecule has 0 bridgehead atoms. The summed E-state index contributed by atoms with van der Waals surface area (Å²) in [5, 5.41) is 0. The van der Waals surface area contributed by atoms with Crippen LogP contribution in [-0.2, 0) is 5.41 Å². The van der Waals surface area contributed by atoms with Gasteiger partial charge < -0.3 is 0 Å². The van der Waals surface area contributed by atoms with E-state index >= 15 is 0 Å². The highest BCUT2D eigenvalue weighted by atomic mass is 15.2. The molecule has 3 aromatic carbocycles. The molecule has 3 unspecified atom stereocenters. The lowest BCUT2D eigenvalue weighted by Crippen LogP contribution is -2.45. The summed E-state index contributed by atoms with van der Waals surface area (Å²) in [6.07, 6.45) is 7.60. The van der Waals surface area contributed by atoms with E-state index in [2.05, 4.69) is 83.8 Å². The van der Waals surface area contributed by atoms with E-state index in [9.17, 15) is 0 Å². The lowest BCUT2D eigenvalue weighted by atomic mass is 9.68. The van der Waals surface area contributed by atoms with Gasteiger partial charge in [0.15, 0.2) is 0 Å². The smallest absolute Gasteiger partial charge is 0.0444 e. The fraction of sp³-hybridized carbons (Fsp3) is 0.367. The van der Waals surface area contributed by atoms with Crippen molar-refractivity contribution in [1.29, 1.82) is 0 Å². The summed E-state index contributed by atoms with van der Waals surface area (Å²) in [6, 6.07) is 31.7. The van der Waals surface area contributed by atoms with Gasteiger partial charge in [0.25, 0.3) is 0 Å². The molecule has 2 fully saturated rings. The molecule has 158 valence electrons. The van der Waals surface area contributed by atoms with Crippen LogP contribution in [0.5, 0.6) is 0 Å². The number of hydrogen-bond donors (Lipinski definition) is 0. The molecule has 1 heteroatoms. The second kappa shape index (κ2) is 9.01. The minimum atomic E-state index is 0.120. The molecule has 2 aliphatic rings. The molecule has 0 spiro atoms. The molecule has 1 saturated carbocycles. The zero-order chi connectivity index (χ0) is 21.1. The van der Waals surface area contributed by atoms with E-state index < -0.39 is 0 Å². The molecule has 5 rings (SSSR count). The first-order valence-electron chi connectivity index (χ1n) is 12.0. The lowest BCUT2D eigenvalue weighted by molar-refractivity contribution is 0.0943. The van der Waals surface area contributed by atoms with Crippen LogP contribution in [0.1, 0.15) is 72.7 Å². The van der Waals surface area contributed by atoms with Crippen LogP contribution in [0.4, 0.5) is 0 Å². The minimum absolute atomic E-state index is 0.120. The molecule has 2 radical (unpaired) electrons. The van der Waals surface area contributed by atoms with Crippen LogP contribution < -0.4 is 0 Å². The Balaban J connectivity index is 1.61. The van der Waals surface area contributed by atoms with Gasteiger partial charge in [-0.3, -0.25) is 4.90 Å². The van der Waals surface area contributed by atoms with Gasteiger partial charge in [-0.15, -0.1) is 0 Å². The van der Waals surface area contributed by atoms with Crippen LogP contribution in [0, 0.1) is 6.92 Å². The van der Waals surface area contributed by atoms with E-state index in [1.807, 2.05) is 6.07 Å². The van der Waals surface area contributed by atoms with Crippen molar-refractivity contribution < 1.29 is 0 Å². The van der Waals surface area contributed by atoms with Gasteiger partial charge in [-0.1, -0.05) is 91.3 Å². The summed E-state index contributed by atoms with van der Waals surface area (Å²) >= 11 is 0. The number of piperidine rings is 1. The monoisotopic (exact) mass is 407 g/mol. The van der Waals surface area contributed by atoms with Crippen molar-refractivity contribution in [2.24, 2.45) is 0 Å². The molecule has 3 atom stereocenters. The fourth-order valence-corrected chi connectivity index (χ4v) is 6.30. The first kappa shape index (κ1) is 20.5. The van der Waals surface area contributed by atoms with Gasteiger partial charge >= 0.3 is 0 Å². The summed E-state index contributed by atoms with van der Waals surface area (Å²) in [7, 11) is 0. The number of hydrogen-bond acceptors (Lipinski definition) is 1. The van der Waals surface area contributed by atoms with Crippen LogP contribution in [0.3, 0.4) is 0 Å². The predicted molar refractivity (Wildman–Crippen MR) is 129 cm³/mol. The van der Waals surface area contributed by atoms with Gasteiger partial charge in [-0.2, -0.15) is 0 Å². The summed E-state index contributed by atoms with van der Waals surface area (Å²) in [5.41, 5.74) is 5.38. The number of rotatable bonds is 5. The molecule has 0 aromatic heterocycles. The van der Waals surface area contributed by atoms with E-state index in [1.54, 1.807) is 0 Å². The lowest BCUT2D eigenvalue weighted by Gasteiger charge is -2.47. The Morgan fingerprint density at radius 2 is 1.52 bits per heavy atom. The molecular weight excluding hydrogens is 374 g/mol. The molecular formula is C30H33N. The minimum Gasteiger partial charge on any atom is -0.295 e. The van der Waals surface area contributed by atoms with Crippen LogP contribution in [-0.4, -0.2) is 18.0 Å². The Kier molecular flexibility index (Phi) is 5.96. The quantitative estimate of drug-likeness (QED) is 0.433. The average molecular weight is 408 g/mol. The largest absolute Gasteiger partial charge is 0.295 e. The SMILES string of the molecule is [CH]c1cccc(C2CCC(c3ccccc3)(C(c3ccccc3)N3CCCCC3)C2)c1. The van der Waals surface area contributed by atoms with E-state index in [-0.39, 0.29) is 5.41 Å². The molecule has 1 saturated heterocycles. The van der Waals surface area contributed by atoms with Gasteiger partial charge in [0.05, 0.1) is 0 Å². The zero-order valence-corrected chi connectivity index (χ0v) is 18.4. The number of likely N-dealkylation sites (tertiary alicyclic amines) is 1. The Bertz CT molecular complexity index is 974. The molecule has 1 heterocycles. The van der Waals surface area contributed by atoms with E-state index in [4.69, 9.17) is 6.92 Å². The number of nitrogens with zero attached hydrogens (tertiary/aromatic N) is 1. The molecule has 3 aromatic rings. The molecule has 31 heavy (non-hydrogen) atoms. The van der Waals surface area contributed by atoms with Crippen LogP contribution in [0.25, 0.3) is 0 Å². The van der Waals surface area contributed by atoms with E-state index in [1.165, 1.54) is 68.3 Å². The van der Waals surface area contributed by atoms with Crippen molar-refractivity contribution in [1.82, 2.24) is 4.90 Å². The van der Waals surface area contributed by atoms with Crippen molar-refractivity contribution >= 4 is 0 Å². The van der Waals surface area contributed by atoms with Crippen molar-refractivity contribution in [3.8, 4) is 0 Å². The summed E-state index contributed by atoms with van der Waals surface area (Å²) in [4.78, 5) is 2.80. The van der Waals surface area contributed by atoms with Gasteiger partial charge in [0.2, 0.25) is 0 Å². The average Bonchev–Trinajstić information content (AvgIpc) is 3.28. The molecule has 1 nitrogen and oxygen atoms in total. The topological polar surface area (TPSA) is 3.24 Å². The first-order valence-corrected chi connectivity index (χ1v) is 12.0. The molecule has 0 N–H and O–H groups in total. The fourth-order valence-electron chi connectivity index (χ4n) is 6.30. The number of benzene rings is 3.